The topological polar surface area (TPSA) is 88.6 Å². The molecule has 0 aliphatic carbocycles. The second-order valence-corrected chi connectivity index (χ2v) is 8.75. The Hall–Kier alpha value is -2.71. The molecular weight excluding hydrogens is 390 g/mol. The maximum absolute atomic E-state index is 12.8. The van der Waals surface area contributed by atoms with E-state index in [0.29, 0.717) is 38.4 Å². The van der Waals surface area contributed by atoms with Crippen molar-refractivity contribution in [2.24, 2.45) is 0 Å². The molecule has 0 atom stereocenters. The summed E-state index contributed by atoms with van der Waals surface area (Å²) in [6, 6.07) is 13.0. The van der Waals surface area contributed by atoms with Crippen LogP contribution in [0.15, 0.2) is 66.2 Å². The fraction of sp³-hybridized carbons (Fsp3) is 0.333. The van der Waals surface area contributed by atoms with Crippen LogP contribution in [0.1, 0.15) is 18.4 Å². The molecule has 0 spiro atoms. The molecule has 0 bridgehead atoms. The molecule has 0 unspecified atom stereocenters. The third-order valence-electron chi connectivity index (χ3n) is 4.82. The van der Waals surface area contributed by atoms with E-state index in [9.17, 15) is 13.2 Å². The molecule has 1 aromatic heterocycles. The molecule has 3 rings (SSSR count). The molecule has 29 heavy (non-hydrogen) atoms. The van der Waals surface area contributed by atoms with E-state index in [-0.39, 0.29) is 16.8 Å². The Kier molecular flexibility index (Phi) is 7.00. The van der Waals surface area contributed by atoms with Gasteiger partial charge in [-0.2, -0.15) is 4.31 Å². The van der Waals surface area contributed by atoms with E-state index in [1.165, 1.54) is 28.2 Å². The fourth-order valence-electron chi connectivity index (χ4n) is 3.17. The predicted molar refractivity (Wildman–Crippen MR) is 110 cm³/mol. The second kappa shape index (κ2) is 9.67. The number of pyridine rings is 1. The highest BCUT2D eigenvalue weighted by Crippen LogP contribution is 2.21. The first kappa shape index (κ1) is 21.0. The molecule has 7 nitrogen and oxygen atoms in total. The minimum Gasteiger partial charge on any atom is -0.477 e. The van der Waals surface area contributed by atoms with E-state index < -0.39 is 10.0 Å². The quantitative estimate of drug-likeness (QED) is 0.668. The summed E-state index contributed by atoms with van der Waals surface area (Å²) in [6.07, 6.45) is 4.43. The highest BCUT2D eigenvalue weighted by atomic mass is 32.2. The number of carbonyl (C=O) groups excluding carboxylic acids is 1. The normalized spacial score (nSPS) is 15.6. The molecule has 0 saturated carbocycles. The van der Waals surface area contributed by atoms with E-state index in [1.54, 1.807) is 6.07 Å². The number of amides is 1. The number of nitrogens with one attached hydrogen (secondary N) is 1. The van der Waals surface area contributed by atoms with Crippen molar-refractivity contribution in [2.75, 3.05) is 19.7 Å². The van der Waals surface area contributed by atoms with Crippen LogP contribution < -0.4 is 10.1 Å². The van der Waals surface area contributed by atoms with Gasteiger partial charge in [0.25, 0.3) is 0 Å². The summed E-state index contributed by atoms with van der Waals surface area (Å²) in [4.78, 5) is 15.7. The van der Waals surface area contributed by atoms with Gasteiger partial charge >= 0.3 is 0 Å². The summed E-state index contributed by atoms with van der Waals surface area (Å²) in [7, 11) is -3.62. The van der Waals surface area contributed by atoms with Gasteiger partial charge < -0.3 is 10.1 Å². The third-order valence-corrected chi connectivity index (χ3v) is 6.70. The maximum Gasteiger partial charge on any atom is 0.244 e. The standard InChI is InChI=1S/C21H25N3O4S/c1-2-20(25)23-18-10-13-24(14-11-18)29(26,27)19-8-9-21(22-16-19)28-15-12-17-6-4-3-5-7-17/h2-9,16,18H,1,10-15H2,(H,23,25). The van der Waals surface area contributed by atoms with Gasteiger partial charge in [-0.25, -0.2) is 13.4 Å². The number of piperidine rings is 1. The summed E-state index contributed by atoms with van der Waals surface area (Å²) in [6.45, 7) is 4.58. The zero-order valence-corrected chi connectivity index (χ0v) is 17.0. The van der Waals surface area contributed by atoms with Crippen LogP contribution in [0.25, 0.3) is 0 Å². The minimum absolute atomic E-state index is 0.0366. The van der Waals surface area contributed by atoms with Crippen molar-refractivity contribution < 1.29 is 17.9 Å². The molecule has 2 heterocycles. The van der Waals surface area contributed by atoms with Crippen molar-refractivity contribution in [3.05, 3.63) is 66.9 Å². The lowest BCUT2D eigenvalue weighted by Crippen LogP contribution is -2.46. The van der Waals surface area contributed by atoms with Gasteiger partial charge in [-0.3, -0.25) is 4.79 Å². The third kappa shape index (κ3) is 5.65. The molecule has 154 valence electrons. The lowest BCUT2D eigenvalue weighted by atomic mass is 10.1. The highest BCUT2D eigenvalue weighted by Gasteiger charge is 2.30. The average Bonchev–Trinajstić information content (AvgIpc) is 2.75. The van der Waals surface area contributed by atoms with Gasteiger partial charge in [0.2, 0.25) is 21.8 Å². The van der Waals surface area contributed by atoms with E-state index in [2.05, 4.69) is 16.9 Å². The zero-order valence-electron chi connectivity index (χ0n) is 16.2. The lowest BCUT2D eigenvalue weighted by molar-refractivity contribution is -0.117. The minimum atomic E-state index is -3.62. The van der Waals surface area contributed by atoms with Crippen molar-refractivity contribution in [2.45, 2.75) is 30.2 Å². The van der Waals surface area contributed by atoms with Crippen LogP contribution in [-0.4, -0.2) is 49.4 Å². The summed E-state index contributed by atoms with van der Waals surface area (Å²) in [5.41, 5.74) is 1.17. The van der Waals surface area contributed by atoms with Crippen molar-refractivity contribution in [3.8, 4) is 5.88 Å². The number of hydrogen-bond acceptors (Lipinski definition) is 5. The van der Waals surface area contributed by atoms with Gasteiger partial charge in [-0.05, 0) is 30.5 Å². The van der Waals surface area contributed by atoms with E-state index >= 15 is 0 Å². The number of aromatic nitrogens is 1. The molecule has 8 heteroatoms. The summed E-state index contributed by atoms with van der Waals surface area (Å²) >= 11 is 0. The van der Waals surface area contributed by atoms with Gasteiger partial charge in [0.15, 0.2) is 0 Å². The first-order chi connectivity index (χ1) is 14.0. The van der Waals surface area contributed by atoms with Gasteiger partial charge in [0.05, 0.1) is 12.8 Å². The molecule has 1 N–H and O–H groups in total. The van der Waals surface area contributed by atoms with Gasteiger partial charge in [0, 0.05) is 31.6 Å². The second-order valence-electron chi connectivity index (χ2n) is 6.81. The Balaban J connectivity index is 1.53. The van der Waals surface area contributed by atoms with Crippen LogP contribution in [0, 0.1) is 0 Å². The number of carbonyl (C=O) groups is 1. The largest absolute Gasteiger partial charge is 0.477 e. The number of ether oxygens (including phenoxy) is 1. The van der Waals surface area contributed by atoms with Crippen molar-refractivity contribution in [1.82, 2.24) is 14.6 Å². The highest BCUT2D eigenvalue weighted by molar-refractivity contribution is 7.89. The molecule has 1 fully saturated rings. The smallest absolute Gasteiger partial charge is 0.244 e. The van der Waals surface area contributed by atoms with E-state index in [0.717, 1.165) is 6.42 Å². The SMILES string of the molecule is C=CC(=O)NC1CCN(S(=O)(=O)c2ccc(OCCc3ccccc3)nc2)CC1. The molecule has 1 amide bonds. The van der Waals surface area contributed by atoms with Crippen molar-refractivity contribution in [3.63, 3.8) is 0 Å². The molecule has 1 aliphatic rings. The van der Waals surface area contributed by atoms with Crippen LogP contribution in [0.2, 0.25) is 0 Å². The van der Waals surface area contributed by atoms with Crippen LogP contribution >= 0.6 is 0 Å². The maximum atomic E-state index is 12.8. The van der Waals surface area contributed by atoms with Crippen LogP contribution in [0.3, 0.4) is 0 Å². The Labute approximate surface area is 171 Å². The Morgan fingerprint density at radius 1 is 1.21 bits per heavy atom. The summed E-state index contributed by atoms with van der Waals surface area (Å²) in [5.74, 6) is 0.157. The molecule has 1 saturated heterocycles. The van der Waals surface area contributed by atoms with Gasteiger partial charge in [-0.1, -0.05) is 36.9 Å². The number of sulfonamides is 1. The molecular formula is C21H25N3O4S. The summed E-state index contributed by atoms with van der Waals surface area (Å²) in [5, 5.41) is 2.81. The Bertz CT molecular complexity index is 922. The predicted octanol–water partition coefficient (Wildman–Crippen LogP) is 2.16. The Morgan fingerprint density at radius 3 is 2.55 bits per heavy atom. The van der Waals surface area contributed by atoms with E-state index in [1.807, 2.05) is 30.3 Å². The van der Waals surface area contributed by atoms with Crippen LogP contribution in [-0.2, 0) is 21.2 Å². The molecule has 2 aromatic rings. The Morgan fingerprint density at radius 2 is 1.93 bits per heavy atom. The van der Waals surface area contributed by atoms with Crippen molar-refractivity contribution >= 4 is 15.9 Å². The van der Waals surface area contributed by atoms with Gasteiger partial charge in [0.1, 0.15) is 4.90 Å². The van der Waals surface area contributed by atoms with Gasteiger partial charge in [-0.15, -0.1) is 0 Å². The van der Waals surface area contributed by atoms with Crippen LogP contribution in [0.4, 0.5) is 0 Å². The van der Waals surface area contributed by atoms with E-state index in [4.69, 9.17) is 4.74 Å². The number of nitrogens with zero attached hydrogens (tertiary/aromatic N) is 2. The first-order valence-corrected chi connectivity index (χ1v) is 11.0. The monoisotopic (exact) mass is 415 g/mol. The number of benzene rings is 1. The molecule has 1 aromatic carbocycles. The van der Waals surface area contributed by atoms with Crippen LogP contribution in [0.5, 0.6) is 5.88 Å². The number of hydrogen-bond donors (Lipinski definition) is 1. The number of rotatable bonds is 8. The molecule has 0 radical (unpaired) electrons. The summed E-state index contributed by atoms with van der Waals surface area (Å²) < 4.78 is 32.7. The fourth-order valence-corrected chi connectivity index (χ4v) is 4.59. The van der Waals surface area contributed by atoms with Crippen molar-refractivity contribution in [1.29, 1.82) is 0 Å². The molecule has 1 aliphatic heterocycles. The lowest BCUT2D eigenvalue weighted by Gasteiger charge is -2.31. The zero-order chi connectivity index (χ0) is 20.7. The average molecular weight is 416 g/mol. The first-order valence-electron chi connectivity index (χ1n) is 9.55.